The number of nitrogens with one attached hydrogen (secondary N) is 2. The molecule has 28 heavy (non-hydrogen) atoms. The van der Waals surface area contributed by atoms with E-state index in [-0.39, 0.29) is 11.4 Å². The van der Waals surface area contributed by atoms with Crippen molar-refractivity contribution in [1.82, 2.24) is 9.78 Å². The predicted octanol–water partition coefficient (Wildman–Crippen LogP) is 3.95. The van der Waals surface area contributed by atoms with E-state index in [4.69, 9.17) is 4.42 Å². The smallest absolute Gasteiger partial charge is 0.418 e. The number of hydrogen-bond acceptors (Lipinski definition) is 4. The molecule has 0 aliphatic rings. The molecule has 0 fully saturated rings. The highest BCUT2D eigenvalue weighted by Gasteiger charge is 2.35. The Labute approximate surface area is 157 Å². The molecular formula is C18H15F3N4O3. The molecule has 0 radical (unpaired) electrons. The van der Waals surface area contributed by atoms with Crippen LogP contribution < -0.4 is 10.6 Å². The average Bonchev–Trinajstić information content (AvgIpc) is 3.35. The van der Waals surface area contributed by atoms with Gasteiger partial charge in [-0.25, -0.2) is 0 Å². The minimum absolute atomic E-state index is 0.0426. The summed E-state index contributed by atoms with van der Waals surface area (Å²) in [5.41, 5.74) is -1.61. The normalized spacial score (nSPS) is 12.4. The number of hydrogen-bond donors (Lipinski definition) is 2. The fraction of sp³-hybridized carbons (Fsp3) is 0.167. The SMILES string of the molecule is CC(C(=O)Nc1ccc(NC(=O)c2ccco2)cc1C(F)(F)F)n1cccn1. The van der Waals surface area contributed by atoms with Crippen molar-refractivity contribution in [3.63, 3.8) is 0 Å². The van der Waals surface area contributed by atoms with E-state index < -0.39 is 35.3 Å². The van der Waals surface area contributed by atoms with Gasteiger partial charge in [-0.2, -0.15) is 18.3 Å². The number of benzene rings is 1. The van der Waals surface area contributed by atoms with Crippen molar-refractivity contribution in [3.05, 3.63) is 66.4 Å². The maximum Gasteiger partial charge on any atom is 0.418 e. The lowest BCUT2D eigenvalue weighted by Crippen LogP contribution is -2.25. The average molecular weight is 392 g/mol. The van der Waals surface area contributed by atoms with E-state index in [9.17, 15) is 22.8 Å². The highest BCUT2D eigenvalue weighted by atomic mass is 19.4. The molecule has 0 aliphatic carbocycles. The molecule has 1 unspecified atom stereocenters. The number of alkyl halides is 3. The zero-order valence-electron chi connectivity index (χ0n) is 14.5. The van der Waals surface area contributed by atoms with Crippen molar-refractivity contribution in [2.45, 2.75) is 19.1 Å². The number of halogens is 3. The van der Waals surface area contributed by atoms with Gasteiger partial charge in [-0.05, 0) is 43.3 Å². The van der Waals surface area contributed by atoms with E-state index in [0.717, 1.165) is 12.1 Å². The quantitative estimate of drug-likeness (QED) is 0.688. The summed E-state index contributed by atoms with van der Waals surface area (Å²) in [6.45, 7) is 1.51. The molecule has 1 aromatic carbocycles. The van der Waals surface area contributed by atoms with Crippen molar-refractivity contribution in [2.75, 3.05) is 10.6 Å². The van der Waals surface area contributed by atoms with Crippen molar-refractivity contribution in [2.24, 2.45) is 0 Å². The number of amides is 2. The molecule has 0 spiro atoms. The zero-order chi connectivity index (χ0) is 20.3. The van der Waals surface area contributed by atoms with Crippen molar-refractivity contribution < 1.29 is 27.2 Å². The third-order valence-electron chi connectivity index (χ3n) is 3.89. The van der Waals surface area contributed by atoms with Crippen LogP contribution in [0.3, 0.4) is 0 Å². The molecule has 0 bridgehead atoms. The highest BCUT2D eigenvalue weighted by molar-refractivity contribution is 6.02. The van der Waals surface area contributed by atoms with Crippen LogP contribution in [0.1, 0.15) is 29.1 Å². The lowest BCUT2D eigenvalue weighted by molar-refractivity contribution is -0.137. The Hall–Kier alpha value is -3.56. The van der Waals surface area contributed by atoms with Crippen LogP contribution in [0, 0.1) is 0 Å². The molecule has 10 heteroatoms. The number of carbonyl (C=O) groups is 2. The summed E-state index contributed by atoms with van der Waals surface area (Å²) >= 11 is 0. The van der Waals surface area contributed by atoms with Crippen LogP contribution in [0.5, 0.6) is 0 Å². The zero-order valence-corrected chi connectivity index (χ0v) is 14.5. The van der Waals surface area contributed by atoms with Gasteiger partial charge in [0.15, 0.2) is 5.76 Å². The monoisotopic (exact) mass is 392 g/mol. The Bertz CT molecular complexity index is 967. The summed E-state index contributed by atoms with van der Waals surface area (Å²) in [6, 6.07) is 6.73. The number of aromatic nitrogens is 2. The van der Waals surface area contributed by atoms with Gasteiger partial charge in [0.25, 0.3) is 5.91 Å². The molecule has 146 valence electrons. The van der Waals surface area contributed by atoms with Gasteiger partial charge in [-0.15, -0.1) is 0 Å². The predicted molar refractivity (Wildman–Crippen MR) is 93.7 cm³/mol. The van der Waals surface area contributed by atoms with E-state index in [1.54, 1.807) is 6.07 Å². The highest BCUT2D eigenvalue weighted by Crippen LogP contribution is 2.37. The molecule has 2 amide bonds. The maximum atomic E-state index is 13.5. The number of rotatable bonds is 5. The molecule has 3 rings (SSSR count). The second-order valence-corrected chi connectivity index (χ2v) is 5.84. The van der Waals surface area contributed by atoms with Crippen LogP contribution in [-0.4, -0.2) is 21.6 Å². The van der Waals surface area contributed by atoms with Crippen molar-refractivity contribution in [3.8, 4) is 0 Å². The van der Waals surface area contributed by atoms with Crippen LogP contribution in [0.15, 0.2) is 59.5 Å². The molecule has 7 nitrogen and oxygen atoms in total. The molecule has 0 saturated carbocycles. The number of carbonyl (C=O) groups excluding carboxylic acids is 2. The van der Waals surface area contributed by atoms with Crippen LogP contribution in [-0.2, 0) is 11.0 Å². The Morgan fingerprint density at radius 2 is 1.96 bits per heavy atom. The maximum absolute atomic E-state index is 13.5. The first-order valence-electron chi connectivity index (χ1n) is 8.12. The minimum atomic E-state index is -4.75. The standard InChI is InChI=1S/C18H15F3N4O3/c1-11(25-8-3-7-22-25)16(26)24-14-6-5-12(10-13(14)18(19,20)21)23-17(27)15-4-2-9-28-15/h2-11H,1H3,(H,23,27)(H,24,26). The molecular weight excluding hydrogens is 377 g/mol. The van der Waals surface area contributed by atoms with Gasteiger partial charge >= 0.3 is 6.18 Å². The van der Waals surface area contributed by atoms with Crippen LogP contribution >= 0.6 is 0 Å². The van der Waals surface area contributed by atoms with Gasteiger partial charge in [-0.3, -0.25) is 14.3 Å². The van der Waals surface area contributed by atoms with E-state index in [1.165, 1.54) is 48.5 Å². The van der Waals surface area contributed by atoms with E-state index in [1.807, 2.05) is 0 Å². The van der Waals surface area contributed by atoms with Gasteiger partial charge in [0, 0.05) is 18.1 Å². The fourth-order valence-corrected chi connectivity index (χ4v) is 2.43. The summed E-state index contributed by atoms with van der Waals surface area (Å²) in [5, 5.41) is 8.48. The summed E-state index contributed by atoms with van der Waals surface area (Å²) in [7, 11) is 0. The van der Waals surface area contributed by atoms with Gasteiger partial charge in [0.1, 0.15) is 6.04 Å². The first-order valence-corrected chi connectivity index (χ1v) is 8.12. The summed E-state index contributed by atoms with van der Waals surface area (Å²) < 4.78 is 46.6. The summed E-state index contributed by atoms with van der Waals surface area (Å²) in [6.07, 6.45) is -0.484. The largest absolute Gasteiger partial charge is 0.459 e. The fourth-order valence-electron chi connectivity index (χ4n) is 2.43. The van der Waals surface area contributed by atoms with Gasteiger partial charge < -0.3 is 15.1 Å². The summed E-state index contributed by atoms with van der Waals surface area (Å²) in [4.78, 5) is 24.2. The molecule has 3 aromatic rings. The second kappa shape index (κ2) is 7.59. The van der Waals surface area contributed by atoms with E-state index in [2.05, 4.69) is 15.7 Å². The molecule has 2 N–H and O–H groups in total. The Morgan fingerprint density at radius 3 is 2.57 bits per heavy atom. The van der Waals surface area contributed by atoms with Crippen molar-refractivity contribution in [1.29, 1.82) is 0 Å². The lowest BCUT2D eigenvalue weighted by Gasteiger charge is -2.18. The van der Waals surface area contributed by atoms with E-state index in [0.29, 0.717) is 0 Å². The van der Waals surface area contributed by atoms with Gasteiger partial charge in [0.05, 0.1) is 17.5 Å². The van der Waals surface area contributed by atoms with Gasteiger partial charge in [0.2, 0.25) is 5.91 Å². The summed E-state index contributed by atoms with van der Waals surface area (Å²) in [5.74, 6) is -1.40. The number of furan rings is 1. The number of nitrogens with zero attached hydrogens (tertiary/aromatic N) is 2. The Kier molecular flexibility index (Phi) is 5.21. The number of anilines is 2. The lowest BCUT2D eigenvalue weighted by atomic mass is 10.1. The topological polar surface area (TPSA) is 89.2 Å². The Balaban J connectivity index is 1.83. The molecule has 2 aromatic heterocycles. The molecule has 1 atom stereocenters. The van der Waals surface area contributed by atoms with Crippen LogP contribution in [0.2, 0.25) is 0 Å². The Morgan fingerprint density at radius 1 is 1.18 bits per heavy atom. The molecule has 0 saturated heterocycles. The third kappa shape index (κ3) is 4.22. The van der Waals surface area contributed by atoms with Gasteiger partial charge in [-0.1, -0.05) is 0 Å². The third-order valence-corrected chi connectivity index (χ3v) is 3.89. The van der Waals surface area contributed by atoms with E-state index >= 15 is 0 Å². The second-order valence-electron chi connectivity index (χ2n) is 5.84. The first kappa shape index (κ1) is 19.2. The van der Waals surface area contributed by atoms with Crippen LogP contribution in [0.25, 0.3) is 0 Å². The van der Waals surface area contributed by atoms with Crippen molar-refractivity contribution >= 4 is 23.2 Å². The first-order chi connectivity index (χ1) is 13.3. The molecule has 0 aliphatic heterocycles. The minimum Gasteiger partial charge on any atom is -0.459 e. The molecule has 2 heterocycles. The van der Waals surface area contributed by atoms with Crippen LogP contribution in [0.4, 0.5) is 24.5 Å².